The first kappa shape index (κ1) is 9.90. The number of nitrogens with zero attached hydrogens (tertiary/aromatic N) is 2. The van der Waals surface area contributed by atoms with Gasteiger partial charge in [0.1, 0.15) is 0 Å². The maximum absolute atomic E-state index is 2.80. The van der Waals surface area contributed by atoms with E-state index in [-0.39, 0.29) is 0 Å². The van der Waals surface area contributed by atoms with E-state index in [0.29, 0.717) is 0 Å². The second-order valence-electron chi connectivity index (χ2n) is 6.70. The Balaban J connectivity index is 1.38. The molecule has 2 nitrogen and oxygen atoms in total. The topological polar surface area (TPSA) is 6.48 Å². The monoisotopic (exact) mass is 220 g/mol. The molecule has 2 aliphatic carbocycles. The molecule has 4 rings (SSSR count). The normalized spacial score (nSPS) is 38.6. The van der Waals surface area contributed by atoms with Gasteiger partial charge in [-0.15, -0.1) is 0 Å². The third-order valence-electron chi connectivity index (χ3n) is 5.55. The predicted octanol–water partition coefficient (Wildman–Crippen LogP) is 1.96. The van der Waals surface area contributed by atoms with Crippen LogP contribution in [0.15, 0.2) is 0 Å². The van der Waals surface area contributed by atoms with Gasteiger partial charge in [0.25, 0.3) is 0 Å². The summed E-state index contributed by atoms with van der Waals surface area (Å²) in [5, 5.41) is 0. The van der Waals surface area contributed by atoms with E-state index in [1.807, 2.05) is 0 Å². The molecule has 2 saturated carbocycles. The van der Waals surface area contributed by atoms with E-state index in [1.54, 1.807) is 25.7 Å². The standard InChI is InChI=1S/C14H24N2/c1-2-13-10-15(8-9-16(13)7-1)11-14(5-6-14)12-3-4-12/h12-13H,1-11H2. The molecule has 4 fully saturated rings. The van der Waals surface area contributed by atoms with Crippen molar-refractivity contribution in [1.29, 1.82) is 0 Å². The number of hydrogen-bond donors (Lipinski definition) is 0. The van der Waals surface area contributed by atoms with E-state index < -0.39 is 0 Å². The molecular formula is C14H24N2. The molecular weight excluding hydrogens is 196 g/mol. The van der Waals surface area contributed by atoms with Crippen molar-refractivity contribution in [2.24, 2.45) is 11.3 Å². The van der Waals surface area contributed by atoms with Gasteiger partial charge in [-0.05, 0) is 56.4 Å². The average Bonchev–Trinajstić information content (AvgIpc) is 3.17. The van der Waals surface area contributed by atoms with Crippen LogP contribution in [-0.2, 0) is 0 Å². The summed E-state index contributed by atoms with van der Waals surface area (Å²) in [5.41, 5.74) is 0.820. The Morgan fingerprint density at radius 1 is 1.00 bits per heavy atom. The number of rotatable bonds is 3. The van der Waals surface area contributed by atoms with Crippen LogP contribution in [0, 0.1) is 11.3 Å². The van der Waals surface area contributed by atoms with E-state index in [4.69, 9.17) is 0 Å². The van der Waals surface area contributed by atoms with Crippen LogP contribution in [0.4, 0.5) is 0 Å². The number of fused-ring (bicyclic) bond motifs is 1. The molecule has 1 atom stereocenters. The largest absolute Gasteiger partial charge is 0.300 e. The molecule has 4 aliphatic rings. The van der Waals surface area contributed by atoms with Gasteiger partial charge < -0.3 is 0 Å². The number of piperazine rings is 1. The van der Waals surface area contributed by atoms with Crippen LogP contribution in [0.25, 0.3) is 0 Å². The highest BCUT2D eigenvalue weighted by atomic mass is 15.3. The fourth-order valence-electron chi connectivity index (χ4n) is 4.20. The third kappa shape index (κ3) is 1.62. The Bertz CT molecular complexity index is 280. The predicted molar refractivity (Wildman–Crippen MR) is 65.4 cm³/mol. The molecule has 0 radical (unpaired) electrons. The summed E-state index contributed by atoms with van der Waals surface area (Å²) in [6, 6.07) is 0.920. The molecule has 0 aromatic rings. The summed E-state index contributed by atoms with van der Waals surface area (Å²) in [6.45, 7) is 6.92. The van der Waals surface area contributed by atoms with Crippen molar-refractivity contribution in [3.8, 4) is 0 Å². The number of hydrogen-bond acceptors (Lipinski definition) is 2. The van der Waals surface area contributed by atoms with Crippen molar-refractivity contribution in [2.75, 3.05) is 32.7 Å². The molecule has 2 aliphatic heterocycles. The van der Waals surface area contributed by atoms with Gasteiger partial charge in [-0.25, -0.2) is 0 Å². The summed E-state index contributed by atoms with van der Waals surface area (Å²) in [6.07, 6.45) is 9.09. The van der Waals surface area contributed by atoms with Gasteiger partial charge in [-0.3, -0.25) is 9.80 Å². The molecule has 0 aromatic carbocycles. The minimum absolute atomic E-state index is 0.820. The van der Waals surface area contributed by atoms with Crippen molar-refractivity contribution >= 4 is 0 Å². The lowest BCUT2D eigenvalue weighted by Gasteiger charge is -2.39. The van der Waals surface area contributed by atoms with Gasteiger partial charge in [-0.2, -0.15) is 0 Å². The minimum atomic E-state index is 0.820. The summed E-state index contributed by atoms with van der Waals surface area (Å²) >= 11 is 0. The van der Waals surface area contributed by atoms with Gasteiger partial charge in [-0.1, -0.05) is 0 Å². The Hall–Kier alpha value is -0.0800. The maximum atomic E-state index is 2.80. The van der Waals surface area contributed by atoms with Crippen LogP contribution in [0.1, 0.15) is 38.5 Å². The zero-order valence-corrected chi connectivity index (χ0v) is 10.3. The van der Waals surface area contributed by atoms with Crippen LogP contribution in [-0.4, -0.2) is 48.6 Å². The Morgan fingerprint density at radius 3 is 2.62 bits per heavy atom. The van der Waals surface area contributed by atoms with Crippen molar-refractivity contribution in [3.05, 3.63) is 0 Å². The molecule has 2 saturated heterocycles. The van der Waals surface area contributed by atoms with Gasteiger partial charge in [0.15, 0.2) is 0 Å². The summed E-state index contributed by atoms with van der Waals surface area (Å²) in [5.74, 6) is 1.13. The second kappa shape index (κ2) is 3.46. The highest BCUT2D eigenvalue weighted by Gasteiger charge is 2.54. The van der Waals surface area contributed by atoms with Crippen molar-refractivity contribution in [2.45, 2.75) is 44.6 Å². The molecule has 1 unspecified atom stereocenters. The van der Waals surface area contributed by atoms with Gasteiger partial charge in [0.2, 0.25) is 0 Å². The highest BCUT2D eigenvalue weighted by molar-refractivity contribution is 5.06. The third-order valence-corrected chi connectivity index (χ3v) is 5.55. The molecule has 90 valence electrons. The van der Waals surface area contributed by atoms with E-state index >= 15 is 0 Å². The van der Waals surface area contributed by atoms with Gasteiger partial charge >= 0.3 is 0 Å². The van der Waals surface area contributed by atoms with Crippen LogP contribution in [0.3, 0.4) is 0 Å². The first-order chi connectivity index (χ1) is 7.86. The van der Waals surface area contributed by atoms with Crippen LogP contribution in [0.2, 0.25) is 0 Å². The second-order valence-corrected chi connectivity index (χ2v) is 6.70. The Labute approximate surface area is 99.0 Å². The Kier molecular flexibility index (Phi) is 2.14. The van der Waals surface area contributed by atoms with Crippen LogP contribution < -0.4 is 0 Å². The van der Waals surface area contributed by atoms with E-state index in [2.05, 4.69) is 9.80 Å². The van der Waals surface area contributed by atoms with Crippen LogP contribution >= 0.6 is 0 Å². The quantitative estimate of drug-likeness (QED) is 0.717. The zero-order valence-electron chi connectivity index (χ0n) is 10.3. The maximum Gasteiger partial charge on any atom is 0.0224 e. The molecule has 0 N–H and O–H groups in total. The SMILES string of the molecule is C1CC2CN(CC3(C4CC4)CC3)CCN2C1. The molecule has 0 spiro atoms. The fourth-order valence-corrected chi connectivity index (χ4v) is 4.20. The lowest BCUT2D eigenvalue weighted by Crippen LogP contribution is -2.51. The van der Waals surface area contributed by atoms with E-state index in [9.17, 15) is 0 Å². The van der Waals surface area contributed by atoms with Crippen molar-refractivity contribution in [1.82, 2.24) is 9.80 Å². The molecule has 0 bridgehead atoms. The van der Waals surface area contributed by atoms with Crippen LogP contribution in [0.5, 0.6) is 0 Å². The van der Waals surface area contributed by atoms with Gasteiger partial charge in [0.05, 0.1) is 0 Å². The van der Waals surface area contributed by atoms with Crippen molar-refractivity contribution < 1.29 is 0 Å². The summed E-state index contributed by atoms with van der Waals surface area (Å²) in [7, 11) is 0. The average molecular weight is 220 g/mol. The first-order valence-corrected chi connectivity index (χ1v) is 7.32. The first-order valence-electron chi connectivity index (χ1n) is 7.32. The van der Waals surface area contributed by atoms with Crippen molar-refractivity contribution in [3.63, 3.8) is 0 Å². The fraction of sp³-hybridized carbons (Fsp3) is 1.00. The molecule has 2 heteroatoms. The highest BCUT2D eigenvalue weighted by Crippen LogP contribution is 2.61. The Morgan fingerprint density at radius 2 is 1.88 bits per heavy atom. The van der Waals surface area contributed by atoms with E-state index in [0.717, 1.165) is 17.4 Å². The summed E-state index contributed by atoms with van der Waals surface area (Å²) in [4.78, 5) is 5.53. The molecule has 2 heterocycles. The van der Waals surface area contributed by atoms with Gasteiger partial charge in [0, 0.05) is 32.2 Å². The molecule has 0 aromatic heterocycles. The van der Waals surface area contributed by atoms with E-state index in [1.165, 1.54) is 45.6 Å². The minimum Gasteiger partial charge on any atom is -0.300 e. The zero-order chi connectivity index (χ0) is 10.6. The molecule has 16 heavy (non-hydrogen) atoms. The lowest BCUT2D eigenvalue weighted by atomic mass is 9.99. The molecule has 0 amide bonds. The smallest absolute Gasteiger partial charge is 0.0224 e. The lowest BCUT2D eigenvalue weighted by molar-refractivity contribution is 0.0839. The summed E-state index contributed by atoms with van der Waals surface area (Å²) < 4.78 is 0.